The van der Waals surface area contributed by atoms with Crippen LogP contribution in [0.4, 0.5) is 0 Å². The molecule has 1 heterocycles. The number of rotatable bonds is 3. The van der Waals surface area contributed by atoms with Crippen LogP contribution in [0.2, 0.25) is 5.02 Å². The van der Waals surface area contributed by atoms with Gasteiger partial charge in [0.15, 0.2) is 11.0 Å². The molecule has 1 aromatic heterocycles. The van der Waals surface area contributed by atoms with E-state index in [1.165, 1.54) is 11.8 Å². The molecule has 110 valence electrons. The molecule has 0 saturated heterocycles. The first-order chi connectivity index (χ1) is 10.2. The average molecular weight is 322 g/mol. The summed E-state index contributed by atoms with van der Waals surface area (Å²) in [4.78, 5) is 11.9. The fourth-order valence-electron chi connectivity index (χ4n) is 2.50. The van der Waals surface area contributed by atoms with Crippen molar-refractivity contribution >= 4 is 29.1 Å². The van der Waals surface area contributed by atoms with Gasteiger partial charge in [0.2, 0.25) is 0 Å². The molecule has 0 amide bonds. The van der Waals surface area contributed by atoms with Gasteiger partial charge in [0.25, 0.3) is 0 Å². The molecule has 3 rings (SSSR count). The number of carbonyl (C=O) groups is 1. The molecule has 0 spiro atoms. The Labute approximate surface area is 132 Å². The highest BCUT2D eigenvalue weighted by molar-refractivity contribution is 8.00. The number of Topliss-reactive ketones (excluding diaryl/α,β-unsaturated/α-hetero) is 1. The average Bonchev–Trinajstić information content (AvgIpc) is 2.83. The fourth-order valence-corrected chi connectivity index (χ4v) is 3.84. The second-order valence-electron chi connectivity index (χ2n) is 5.16. The first kappa shape index (κ1) is 14.6. The third-order valence-electron chi connectivity index (χ3n) is 3.70. The number of ketones is 1. The third-order valence-corrected chi connectivity index (χ3v) is 5.37. The molecule has 0 N–H and O–H groups in total. The normalized spacial score (nSPS) is 19.0. The molecular weight excluding hydrogens is 306 g/mol. The molecule has 1 aliphatic carbocycles. The summed E-state index contributed by atoms with van der Waals surface area (Å²) < 4.78 is 1.91. The molecule has 1 atom stereocenters. The van der Waals surface area contributed by atoms with Crippen molar-refractivity contribution in [2.75, 3.05) is 0 Å². The quantitative estimate of drug-likeness (QED) is 0.864. The smallest absolute Gasteiger partial charge is 0.191 e. The molecule has 1 saturated carbocycles. The Hall–Kier alpha value is -1.33. The highest BCUT2D eigenvalue weighted by Gasteiger charge is 2.25. The summed E-state index contributed by atoms with van der Waals surface area (Å²) in [5.74, 6) is 1.06. The molecular formula is C15H16ClN3OS. The number of aromatic nitrogens is 3. The maximum Gasteiger partial charge on any atom is 0.191 e. The minimum atomic E-state index is 0.0146. The standard InChI is InChI=1S/C15H16ClN3OS/c1-19-14(10-6-2-3-7-11(10)16)17-18-15(19)21-13-9-5-4-8-12(13)20/h2-3,6-7,13H,4-5,8-9H2,1H3. The lowest BCUT2D eigenvalue weighted by Crippen LogP contribution is -2.21. The summed E-state index contributed by atoms with van der Waals surface area (Å²) in [6.45, 7) is 0. The van der Waals surface area contributed by atoms with E-state index in [-0.39, 0.29) is 5.25 Å². The first-order valence-electron chi connectivity index (χ1n) is 7.00. The Morgan fingerprint density at radius 2 is 2.10 bits per heavy atom. The van der Waals surface area contributed by atoms with Gasteiger partial charge >= 0.3 is 0 Å². The van der Waals surface area contributed by atoms with Crippen LogP contribution in [0.3, 0.4) is 0 Å². The zero-order valence-electron chi connectivity index (χ0n) is 11.8. The van der Waals surface area contributed by atoms with Gasteiger partial charge in [-0.2, -0.15) is 0 Å². The van der Waals surface area contributed by atoms with Crippen LogP contribution in [0.15, 0.2) is 29.4 Å². The van der Waals surface area contributed by atoms with Crippen LogP contribution in [-0.4, -0.2) is 25.8 Å². The van der Waals surface area contributed by atoms with E-state index < -0.39 is 0 Å². The molecule has 2 aromatic rings. The van der Waals surface area contributed by atoms with E-state index >= 15 is 0 Å². The molecule has 1 aliphatic rings. The van der Waals surface area contributed by atoms with Gasteiger partial charge in [0.1, 0.15) is 5.78 Å². The van der Waals surface area contributed by atoms with Crippen molar-refractivity contribution in [1.29, 1.82) is 0 Å². The number of hydrogen-bond acceptors (Lipinski definition) is 4. The van der Waals surface area contributed by atoms with Crippen molar-refractivity contribution in [1.82, 2.24) is 14.8 Å². The maximum atomic E-state index is 11.9. The van der Waals surface area contributed by atoms with Gasteiger partial charge < -0.3 is 4.57 Å². The van der Waals surface area contributed by atoms with Crippen LogP contribution in [0, 0.1) is 0 Å². The summed E-state index contributed by atoms with van der Waals surface area (Å²) in [5.41, 5.74) is 0.857. The van der Waals surface area contributed by atoms with Crippen molar-refractivity contribution in [3.8, 4) is 11.4 Å². The zero-order chi connectivity index (χ0) is 14.8. The number of benzene rings is 1. The Morgan fingerprint density at radius 3 is 2.86 bits per heavy atom. The fraction of sp³-hybridized carbons (Fsp3) is 0.400. The van der Waals surface area contributed by atoms with Gasteiger partial charge in [-0.3, -0.25) is 4.79 Å². The second-order valence-corrected chi connectivity index (χ2v) is 6.74. The van der Waals surface area contributed by atoms with Crippen molar-refractivity contribution in [3.05, 3.63) is 29.3 Å². The van der Waals surface area contributed by atoms with Gasteiger partial charge in [-0.15, -0.1) is 10.2 Å². The first-order valence-corrected chi connectivity index (χ1v) is 8.26. The maximum absolute atomic E-state index is 11.9. The summed E-state index contributed by atoms with van der Waals surface area (Å²) in [7, 11) is 1.91. The van der Waals surface area contributed by atoms with E-state index in [2.05, 4.69) is 10.2 Å². The van der Waals surface area contributed by atoms with Crippen LogP contribution < -0.4 is 0 Å². The third kappa shape index (κ3) is 2.99. The number of carbonyl (C=O) groups excluding carboxylic acids is 1. The highest BCUT2D eigenvalue weighted by atomic mass is 35.5. The van der Waals surface area contributed by atoms with E-state index in [0.29, 0.717) is 17.2 Å². The van der Waals surface area contributed by atoms with E-state index in [1.807, 2.05) is 35.9 Å². The Balaban J connectivity index is 1.86. The lowest BCUT2D eigenvalue weighted by Gasteiger charge is -2.19. The van der Waals surface area contributed by atoms with Crippen LogP contribution in [-0.2, 0) is 11.8 Å². The number of hydrogen-bond donors (Lipinski definition) is 0. The molecule has 0 aliphatic heterocycles. The van der Waals surface area contributed by atoms with Crippen LogP contribution >= 0.6 is 23.4 Å². The molecule has 1 aromatic carbocycles. The van der Waals surface area contributed by atoms with E-state index in [4.69, 9.17) is 11.6 Å². The van der Waals surface area contributed by atoms with Gasteiger partial charge in [0.05, 0.1) is 10.3 Å². The Bertz CT molecular complexity index is 671. The summed E-state index contributed by atoms with van der Waals surface area (Å²) in [6.07, 6.45) is 3.74. The number of nitrogens with zero attached hydrogens (tertiary/aromatic N) is 3. The van der Waals surface area contributed by atoms with Crippen molar-refractivity contribution < 1.29 is 4.79 Å². The molecule has 21 heavy (non-hydrogen) atoms. The van der Waals surface area contributed by atoms with Crippen LogP contribution in [0.5, 0.6) is 0 Å². The molecule has 4 nitrogen and oxygen atoms in total. The minimum absolute atomic E-state index is 0.0146. The molecule has 1 unspecified atom stereocenters. The highest BCUT2D eigenvalue weighted by Crippen LogP contribution is 2.33. The number of thioether (sulfide) groups is 1. The summed E-state index contributed by atoms with van der Waals surface area (Å²) in [5, 5.41) is 9.89. The lowest BCUT2D eigenvalue weighted by molar-refractivity contribution is -0.119. The molecule has 1 fully saturated rings. The van der Waals surface area contributed by atoms with Gasteiger partial charge in [-0.1, -0.05) is 41.9 Å². The van der Waals surface area contributed by atoms with Crippen molar-refractivity contribution in [2.24, 2.45) is 7.05 Å². The number of halogens is 1. The van der Waals surface area contributed by atoms with Crippen LogP contribution in [0.1, 0.15) is 25.7 Å². The SMILES string of the molecule is Cn1c(SC2CCCCC2=O)nnc1-c1ccccc1Cl. The topological polar surface area (TPSA) is 47.8 Å². The van der Waals surface area contributed by atoms with E-state index in [1.54, 1.807) is 0 Å². The predicted octanol–water partition coefficient (Wildman–Crippen LogP) is 3.74. The van der Waals surface area contributed by atoms with E-state index in [0.717, 1.165) is 35.8 Å². The Morgan fingerprint density at radius 1 is 1.29 bits per heavy atom. The monoisotopic (exact) mass is 321 g/mol. The van der Waals surface area contributed by atoms with Gasteiger partial charge in [0, 0.05) is 19.0 Å². The zero-order valence-corrected chi connectivity index (χ0v) is 13.3. The van der Waals surface area contributed by atoms with Gasteiger partial charge in [-0.05, 0) is 25.0 Å². The van der Waals surface area contributed by atoms with Crippen molar-refractivity contribution in [2.45, 2.75) is 36.1 Å². The van der Waals surface area contributed by atoms with Crippen molar-refractivity contribution in [3.63, 3.8) is 0 Å². The predicted molar refractivity (Wildman–Crippen MR) is 84.6 cm³/mol. The Kier molecular flexibility index (Phi) is 4.31. The lowest BCUT2D eigenvalue weighted by atomic mass is 9.99. The molecule has 0 radical (unpaired) electrons. The minimum Gasteiger partial charge on any atom is -0.305 e. The second kappa shape index (κ2) is 6.20. The largest absolute Gasteiger partial charge is 0.305 e. The van der Waals surface area contributed by atoms with Gasteiger partial charge in [-0.25, -0.2) is 0 Å². The van der Waals surface area contributed by atoms with Crippen LogP contribution in [0.25, 0.3) is 11.4 Å². The summed E-state index contributed by atoms with van der Waals surface area (Å²) >= 11 is 7.73. The molecule has 6 heteroatoms. The molecule has 0 bridgehead atoms. The summed E-state index contributed by atoms with van der Waals surface area (Å²) in [6, 6.07) is 7.57. The van der Waals surface area contributed by atoms with E-state index in [9.17, 15) is 4.79 Å².